The van der Waals surface area contributed by atoms with E-state index in [1.807, 2.05) is 12.1 Å². The Morgan fingerprint density at radius 1 is 1.46 bits per heavy atom. The molecule has 66 valence electrons. The van der Waals surface area contributed by atoms with Crippen molar-refractivity contribution < 1.29 is 0 Å². The van der Waals surface area contributed by atoms with Crippen molar-refractivity contribution in [2.24, 2.45) is 0 Å². The molecule has 2 N–H and O–H groups in total. The summed E-state index contributed by atoms with van der Waals surface area (Å²) in [4.78, 5) is 7.81. The fourth-order valence-corrected chi connectivity index (χ4v) is 1.07. The van der Waals surface area contributed by atoms with E-state index in [1.54, 1.807) is 17.2 Å². The van der Waals surface area contributed by atoms with Crippen molar-refractivity contribution in [1.82, 2.24) is 19.7 Å². The maximum absolute atomic E-state index is 5.66. The lowest BCUT2D eigenvalue weighted by Crippen LogP contribution is -2.04. The molecule has 0 amide bonds. The van der Waals surface area contributed by atoms with Gasteiger partial charge in [-0.2, -0.15) is 5.10 Å². The van der Waals surface area contributed by atoms with Gasteiger partial charge >= 0.3 is 0 Å². The number of rotatable bonds is 2. The van der Waals surface area contributed by atoms with Crippen molar-refractivity contribution >= 4 is 5.82 Å². The van der Waals surface area contributed by atoms with E-state index < -0.39 is 0 Å². The summed E-state index contributed by atoms with van der Waals surface area (Å²) >= 11 is 0. The normalized spacial score (nSPS) is 10.2. The summed E-state index contributed by atoms with van der Waals surface area (Å²) in [5.41, 5.74) is 6.62. The fourth-order valence-electron chi connectivity index (χ4n) is 1.07. The third-order valence-electron chi connectivity index (χ3n) is 1.73. The predicted molar refractivity (Wildman–Crippen MR) is 47.8 cm³/mol. The standard InChI is InChI=1S/C8H9N5/c9-8-7(2-1-3-11-8)4-13-6-10-5-12-13/h1-3,5-6H,4H2,(H2,9,11). The van der Waals surface area contributed by atoms with E-state index in [0.717, 1.165) is 5.56 Å². The number of nitrogens with two attached hydrogens (primary N) is 1. The molecule has 0 unspecified atom stereocenters. The first-order valence-corrected chi connectivity index (χ1v) is 3.88. The molecule has 5 heteroatoms. The SMILES string of the molecule is Nc1ncccc1Cn1cncn1. The molecule has 0 saturated heterocycles. The molecular formula is C8H9N5. The van der Waals surface area contributed by atoms with Crippen LogP contribution < -0.4 is 5.73 Å². The van der Waals surface area contributed by atoms with E-state index >= 15 is 0 Å². The van der Waals surface area contributed by atoms with Crippen LogP contribution in [0.2, 0.25) is 0 Å². The van der Waals surface area contributed by atoms with Gasteiger partial charge in [-0.15, -0.1) is 0 Å². The van der Waals surface area contributed by atoms with Crippen molar-refractivity contribution in [2.75, 3.05) is 5.73 Å². The Kier molecular flexibility index (Phi) is 1.91. The molecule has 0 spiro atoms. The molecule has 0 aromatic carbocycles. The molecule has 2 aromatic heterocycles. The lowest BCUT2D eigenvalue weighted by Gasteiger charge is -2.02. The fraction of sp³-hybridized carbons (Fsp3) is 0.125. The summed E-state index contributed by atoms with van der Waals surface area (Å²) in [6, 6.07) is 3.77. The predicted octanol–water partition coefficient (Wildman–Crippen LogP) is 0.304. The van der Waals surface area contributed by atoms with E-state index in [1.165, 1.54) is 6.33 Å². The van der Waals surface area contributed by atoms with Gasteiger partial charge in [0.05, 0.1) is 6.54 Å². The third kappa shape index (κ3) is 1.64. The quantitative estimate of drug-likeness (QED) is 0.712. The maximum atomic E-state index is 5.66. The highest BCUT2D eigenvalue weighted by Crippen LogP contribution is 2.07. The molecule has 2 rings (SSSR count). The van der Waals surface area contributed by atoms with Gasteiger partial charge in [0.2, 0.25) is 0 Å². The van der Waals surface area contributed by atoms with Gasteiger partial charge in [-0.05, 0) is 6.07 Å². The van der Waals surface area contributed by atoms with Crippen LogP contribution in [0.1, 0.15) is 5.56 Å². The van der Waals surface area contributed by atoms with E-state index in [-0.39, 0.29) is 0 Å². The Morgan fingerprint density at radius 2 is 2.38 bits per heavy atom. The molecule has 0 bridgehead atoms. The molecule has 0 fully saturated rings. The van der Waals surface area contributed by atoms with Crippen LogP contribution in [0.4, 0.5) is 5.82 Å². The van der Waals surface area contributed by atoms with Crippen LogP contribution >= 0.6 is 0 Å². The molecule has 0 aliphatic heterocycles. The van der Waals surface area contributed by atoms with Gasteiger partial charge in [0.1, 0.15) is 18.5 Å². The van der Waals surface area contributed by atoms with E-state index in [9.17, 15) is 0 Å². The first-order valence-electron chi connectivity index (χ1n) is 3.88. The molecule has 2 heterocycles. The van der Waals surface area contributed by atoms with Gasteiger partial charge in [0, 0.05) is 11.8 Å². The minimum atomic E-state index is 0.540. The smallest absolute Gasteiger partial charge is 0.137 e. The van der Waals surface area contributed by atoms with E-state index in [0.29, 0.717) is 12.4 Å². The lowest BCUT2D eigenvalue weighted by atomic mass is 10.2. The summed E-state index contributed by atoms with van der Waals surface area (Å²) in [6.45, 7) is 0.611. The van der Waals surface area contributed by atoms with Crippen molar-refractivity contribution in [3.63, 3.8) is 0 Å². The van der Waals surface area contributed by atoms with Crippen LogP contribution in [0.15, 0.2) is 31.0 Å². The van der Waals surface area contributed by atoms with Gasteiger partial charge in [-0.3, -0.25) is 0 Å². The zero-order valence-electron chi connectivity index (χ0n) is 6.96. The van der Waals surface area contributed by atoms with Gasteiger partial charge in [-0.1, -0.05) is 6.07 Å². The maximum Gasteiger partial charge on any atom is 0.137 e. The Balaban J connectivity index is 2.24. The molecule has 0 aliphatic carbocycles. The molecule has 0 saturated carbocycles. The highest BCUT2D eigenvalue weighted by atomic mass is 15.3. The summed E-state index contributed by atoms with van der Waals surface area (Å²) in [5, 5.41) is 3.97. The monoisotopic (exact) mass is 175 g/mol. The summed E-state index contributed by atoms with van der Waals surface area (Å²) < 4.78 is 1.70. The number of nitrogen functional groups attached to an aromatic ring is 1. The zero-order chi connectivity index (χ0) is 9.10. The highest BCUT2D eigenvalue weighted by molar-refractivity contribution is 5.38. The highest BCUT2D eigenvalue weighted by Gasteiger charge is 1.99. The van der Waals surface area contributed by atoms with E-state index in [4.69, 9.17) is 5.73 Å². The van der Waals surface area contributed by atoms with Crippen LogP contribution in [0.5, 0.6) is 0 Å². The lowest BCUT2D eigenvalue weighted by molar-refractivity contribution is 0.684. The largest absolute Gasteiger partial charge is 0.383 e. The molecular weight excluding hydrogens is 166 g/mol. The Morgan fingerprint density at radius 3 is 3.08 bits per heavy atom. The number of aromatic nitrogens is 4. The van der Waals surface area contributed by atoms with Crippen molar-refractivity contribution in [1.29, 1.82) is 0 Å². The second kappa shape index (κ2) is 3.22. The molecule has 0 atom stereocenters. The molecule has 2 aromatic rings. The first kappa shape index (κ1) is 7.72. The van der Waals surface area contributed by atoms with Crippen LogP contribution in [0.3, 0.4) is 0 Å². The first-order chi connectivity index (χ1) is 6.36. The zero-order valence-corrected chi connectivity index (χ0v) is 6.96. The Bertz CT molecular complexity index is 381. The van der Waals surface area contributed by atoms with Crippen LogP contribution in [-0.2, 0) is 6.54 Å². The van der Waals surface area contributed by atoms with Gasteiger partial charge < -0.3 is 5.73 Å². The number of nitrogens with zero attached hydrogens (tertiary/aromatic N) is 4. The van der Waals surface area contributed by atoms with Crippen molar-refractivity contribution in [2.45, 2.75) is 6.54 Å². The molecule has 5 nitrogen and oxygen atoms in total. The summed E-state index contributed by atoms with van der Waals surface area (Å²) in [7, 11) is 0. The molecule has 0 radical (unpaired) electrons. The second-order valence-corrected chi connectivity index (χ2v) is 2.64. The summed E-state index contributed by atoms with van der Waals surface area (Å²) in [5.74, 6) is 0.540. The number of anilines is 1. The van der Waals surface area contributed by atoms with Crippen molar-refractivity contribution in [3.05, 3.63) is 36.5 Å². The average molecular weight is 175 g/mol. The number of hydrogen-bond donors (Lipinski definition) is 1. The molecule has 13 heavy (non-hydrogen) atoms. The number of hydrogen-bond acceptors (Lipinski definition) is 4. The van der Waals surface area contributed by atoms with Gasteiger partial charge in [-0.25, -0.2) is 14.6 Å². The van der Waals surface area contributed by atoms with Gasteiger partial charge in [0.25, 0.3) is 0 Å². The Hall–Kier alpha value is -1.91. The summed E-state index contributed by atoms with van der Waals surface area (Å²) in [6.07, 6.45) is 4.80. The average Bonchev–Trinajstić information content (AvgIpc) is 2.61. The number of pyridine rings is 1. The minimum Gasteiger partial charge on any atom is -0.383 e. The van der Waals surface area contributed by atoms with Crippen LogP contribution in [0.25, 0.3) is 0 Å². The Labute approximate surface area is 75.2 Å². The second-order valence-electron chi connectivity index (χ2n) is 2.64. The topological polar surface area (TPSA) is 69.6 Å². The minimum absolute atomic E-state index is 0.540. The van der Waals surface area contributed by atoms with Gasteiger partial charge in [0.15, 0.2) is 0 Å². The molecule has 0 aliphatic rings. The van der Waals surface area contributed by atoms with Crippen molar-refractivity contribution in [3.8, 4) is 0 Å². The van der Waals surface area contributed by atoms with Crippen LogP contribution in [-0.4, -0.2) is 19.7 Å². The third-order valence-corrected chi connectivity index (χ3v) is 1.73. The van der Waals surface area contributed by atoms with E-state index in [2.05, 4.69) is 15.1 Å². The van der Waals surface area contributed by atoms with Crippen LogP contribution in [0, 0.1) is 0 Å².